The van der Waals surface area contributed by atoms with Crippen LogP contribution < -0.4 is 15.2 Å². The Morgan fingerprint density at radius 2 is 2.16 bits per heavy atom. The van der Waals surface area contributed by atoms with E-state index >= 15 is 0 Å². The summed E-state index contributed by atoms with van der Waals surface area (Å²) in [7, 11) is 1.57. The van der Waals surface area contributed by atoms with Crippen molar-refractivity contribution in [2.24, 2.45) is 5.73 Å². The molecule has 0 spiro atoms. The molecule has 0 aromatic heterocycles. The number of alkyl halides is 1. The van der Waals surface area contributed by atoms with Crippen LogP contribution in [0.3, 0.4) is 0 Å². The topological polar surface area (TPSA) is 68.3 Å². The minimum Gasteiger partial charge on any atom is -0.493 e. The summed E-state index contributed by atoms with van der Waals surface area (Å²) >= 11 is 0. The summed E-state index contributed by atoms with van der Waals surface area (Å²) in [6.07, 6.45) is 2.23. The maximum Gasteiger partial charge on any atom is 0.164 e. The Balaban J connectivity index is 2.80. The second kappa shape index (κ2) is 7.61. The van der Waals surface area contributed by atoms with E-state index in [1.165, 1.54) is 0 Å². The number of nitrogens with one attached hydrogen (secondary N) is 1. The Kier molecular flexibility index (Phi) is 6.12. The highest BCUT2D eigenvalue weighted by molar-refractivity contribution is 5.76. The van der Waals surface area contributed by atoms with Gasteiger partial charge in [-0.25, -0.2) is 4.39 Å². The van der Waals surface area contributed by atoms with E-state index in [1.54, 1.807) is 7.11 Å². The van der Waals surface area contributed by atoms with Gasteiger partial charge in [-0.1, -0.05) is 6.07 Å². The average molecular weight is 268 g/mol. The fraction of sp³-hybridized carbons (Fsp3) is 0.500. The molecule has 19 heavy (non-hydrogen) atoms. The van der Waals surface area contributed by atoms with Gasteiger partial charge in [0.15, 0.2) is 11.5 Å². The van der Waals surface area contributed by atoms with E-state index < -0.39 is 6.67 Å². The summed E-state index contributed by atoms with van der Waals surface area (Å²) in [4.78, 5) is 0. The van der Waals surface area contributed by atoms with Gasteiger partial charge in [0, 0.05) is 6.42 Å². The first kappa shape index (κ1) is 15.3. The predicted molar refractivity (Wildman–Crippen MR) is 74.1 cm³/mol. The number of nitrogens with two attached hydrogens (primary N) is 1. The fourth-order valence-electron chi connectivity index (χ4n) is 1.92. The number of aryl methyl sites for hydroxylation is 2. The summed E-state index contributed by atoms with van der Waals surface area (Å²) in [5.74, 6) is 1.41. The Morgan fingerprint density at radius 1 is 1.42 bits per heavy atom. The minimum atomic E-state index is -0.525. The van der Waals surface area contributed by atoms with E-state index in [4.69, 9.17) is 20.6 Å². The van der Waals surface area contributed by atoms with Gasteiger partial charge < -0.3 is 15.2 Å². The number of methoxy groups -OCH3 is 1. The number of benzene rings is 1. The van der Waals surface area contributed by atoms with Crippen molar-refractivity contribution in [3.8, 4) is 11.5 Å². The van der Waals surface area contributed by atoms with Gasteiger partial charge in [-0.05, 0) is 37.0 Å². The van der Waals surface area contributed by atoms with Crippen LogP contribution in [0, 0.1) is 12.3 Å². The van der Waals surface area contributed by atoms with Crippen molar-refractivity contribution in [3.63, 3.8) is 0 Å². The normalized spacial score (nSPS) is 10.3. The van der Waals surface area contributed by atoms with E-state index in [0.29, 0.717) is 17.9 Å². The highest BCUT2D eigenvalue weighted by atomic mass is 19.1. The van der Waals surface area contributed by atoms with Gasteiger partial charge in [0.2, 0.25) is 0 Å². The first-order chi connectivity index (χ1) is 9.08. The molecule has 0 saturated heterocycles. The number of hydrogen-bond donors (Lipinski definition) is 2. The smallest absolute Gasteiger partial charge is 0.164 e. The van der Waals surface area contributed by atoms with Gasteiger partial charge in [0.05, 0.1) is 12.9 Å². The quantitative estimate of drug-likeness (QED) is 0.562. The lowest BCUT2D eigenvalue weighted by Gasteiger charge is -2.14. The molecule has 4 nitrogen and oxygen atoms in total. The molecule has 0 radical (unpaired) electrons. The van der Waals surface area contributed by atoms with Crippen molar-refractivity contribution in [3.05, 3.63) is 23.3 Å². The third-order valence-electron chi connectivity index (χ3n) is 2.76. The van der Waals surface area contributed by atoms with E-state index in [9.17, 15) is 4.39 Å². The highest BCUT2D eigenvalue weighted by Gasteiger charge is 2.10. The number of ether oxygens (including phenoxy) is 2. The van der Waals surface area contributed by atoms with Crippen molar-refractivity contribution < 1.29 is 13.9 Å². The number of rotatable bonds is 8. The molecule has 0 heterocycles. The molecule has 1 rings (SSSR count). The zero-order valence-corrected chi connectivity index (χ0v) is 11.5. The van der Waals surface area contributed by atoms with E-state index in [1.807, 2.05) is 19.1 Å². The molecular formula is C14H21FN2O2. The van der Waals surface area contributed by atoms with Gasteiger partial charge in [-0.2, -0.15) is 0 Å². The molecule has 0 fully saturated rings. The van der Waals surface area contributed by atoms with Gasteiger partial charge in [-0.15, -0.1) is 0 Å². The van der Waals surface area contributed by atoms with Crippen molar-refractivity contribution >= 4 is 5.84 Å². The molecule has 3 N–H and O–H groups in total. The average Bonchev–Trinajstić information content (AvgIpc) is 2.36. The lowest BCUT2D eigenvalue weighted by atomic mass is 10.0. The lowest BCUT2D eigenvalue weighted by molar-refractivity contribution is 0.258. The molecule has 0 aliphatic heterocycles. The first-order valence-electron chi connectivity index (χ1n) is 6.27. The van der Waals surface area contributed by atoms with Crippen LogP contribution in [0.2, 0.25) is 0 Å². The second-order valence-electron chi connectivity index (χ2n) is 4.36. The van der Waals surface area contributed by atoms with Crippen LogP contribution >= 0.6 is 0 Å². The van der Waals surface area contributed by atoms with Gasteiger partial charge in [0.1, 0.15) is 13.3 Å². The molecule has 5 heteroatoms. The second-order valence-corrected chi connectivity index (χ2v) is 4.36. The Hall–Kier alpha value is -1.78. The van der Waals surface area contributed by atoms with Crippen LogP contribution in [0.1, 0.15) is 24.0 Å². The molecule has 1 aromatic carbocycles. The van der Waals surface area contributed by atoms with Crippen molar-refractivity contribution in [2.75, 3.05) is 20.4 Å². The van der Waals surface area contributed by atoms with Crippen LogP contribution in [-0.2, 0) is 6.42 Å². The molecule has 0 bridgehead atoms. The molecule has 106 valence electrons. The zero-order valence-electron chi connectivity index (χ0n) is 11.5. The molecule has 0 unspecified atom stereocenters. The molecule has 0 saturated carbocycles. The van der Waals surface area contributed by atoms with E-state index in [-0.39, 0.29) is 12.4 Å². The van der Waals surface area contributed by atoms with Crippen LogP contribution in [0.25, 0.3) is 0 Å². The van der Waals surface area contributed by atoms with Crippen LogP contribution in [0.4, 0.5) is 4.39 Å². The third-order valence-corrected chi connectivity index (χ3v) is 2.76. The van der Waals surface area contributed by atoms with Crippen molar-refractivity contribution in [1.29, 1.82) is 5.41 Å². The first-order valence-corrected chi connectivity index (χ1v) is 6.27. The van der Waals surface area contributed by atoms with Gasteiger partial charge in [0.25, 0.3) is 0 Å². The lowest BCUT2D eigenvalue weighted by Crippen LogP contribution is -2.09. The fourth-order valence-corrected chi connectivity index (χ4v) is 1.92. The molecule has 0 atom stereocenters. The van der Waals surface area contributed by atoms with E-state index in [0.717, 1.165) is 24.0 Å². The van der Waals surface area contributed by atoms with Gasteiger partial charge >= 0.3 is 0 Å². The predicted octanol–water partition coefficient (Wildman–Crippen LogP) is 2.61. The molecule has 0 aliphatic rings. The Labute approximate surface area is 113 Å². The molecule has 0 amide bonds. The molecular weight excluding hydrogens is 247 g/mol. The summed E-state index contributed by atoms with van der Waals surface area (Å²) in [6.45, 7) is 1.41. The Bertz CT molecular complexity index is 436. The van der Waals surface area contributed by atoms with Crippen LogP contribution in [-0.4, -0.2) is 26.2 Å². The number of amidine groups is 1. The Morgan fingerprint density at radius 3 is 2.74 bits per heavy atom. The molecule has 0 aliphatic carbocycles. The number of hydrogen-bond acceptors (Lipinski definition) is 3. The van der Waals surface area contributed by atoms with Crippen LogP contribution in [0.5, 0.6) is 11.5 Å². The summed E-state index contributed by atoms with van der Waals surface area (Å²) in [6, 6.07) is 3.89. The largest absolute Gasteiger partial charge is 0.493 e. The van der Waals surface area contributed by atoms with Crippen LogP contribution in [0.15, 0.2) is 12.1 Å². The van der Waals surface area contributed by atoms with E-state index in [2.05, 4.69) is 0 Å². The zero-order chi connectivity index (χ0) is 14.3. The highest BCUT2D eigenvalue weighted by Crippen LogP contribution is 2.32. The monoisotopic (exact) mass is 268 g/mol. The molecule has 1 aromatic rings. The summed E-state index contributed by atoms with van der Waals surface area (Å²) < 4.78 is 22.8. The van der Waals surface area contributed by atoms with Crippen molar-refractivity contribution in [1.82, 2.24) is 0 Å². The maximum absolute atomic E-state index is 12.2. The number of halogens is 1. The van der Waals surface area contributed by atoms with Crippen molar-refractivity contribution in [2.45, 2.75) is 26.2 Å². The van der Waals surface area contributed by atoms with Gasteiger partial charge in [-0.3, -0.25) is 5.41 Å². The third kappa shape index (κ3) is 4.77. The SMILES string of the molecule is COc1cc(CCCC(=N)N)cc(C)c1OCCF. The summed E-state index contributed by atoms with van der Waals surface area (Å²) in [5, 5.41) is 7.19. The minimum absolute atomic E-state index is 0.0287. The maximum atomic E-state index is 12.2. The standard InChI is InChI=1S/C14H21FN2O2/c1-10-8-11(4-3-5-13(16)17)9-12(18-2)14(10)19-7-6-15/h8-9H,3-7H2,1-2H3,(H3,16,17). The summed E-state index contributed by atoms with van der Waals surface area (Å²) in [5.41, 5.74) is 7.35.